The van der Waals surface area contributed by atoms with E-state index in [4.69, 9.17) is 4.74 Å². The van der Waals surface area contributed by atoms with Crippen molar-refractivity contribution in [2.24, 2.45) is 5.41 Å². The second-order valence-electron chi connectivity index (χ2n) is 8.90. The molecular formula is C22H31N5O3S. The molecule has 168 valence electrons. The minimum atomic E-state index is -0.621. The lowest BCUT2D eigenvalue weighted by molar-refractivity contribution is -0.137. The van der Waals surface area contributed by atoms with E-state index in [9.17, 15) is 9.59 Å². The minimum absolute atomic E-state index is 0.0355. The number of aromatic nitrogens is 3. The van der Waals surface area contributed by atoms with Crippen LogP contribution in [0.1, 0.15) is 55.0 Å². The molecular weight excluding hydrogens is 414 g/mol. The minimum Gasteiger partial charge on any atom is -0.384 e. The Labute approximate surface area is 187 Å². The molecule has 0 saturated carbocycles. The Bertz CT molecular complexity index is 955. The summed E-state index contributed by atoms with van der Waals surface area (Å²) >= 11 is 1.60. The molecule has 2 atom stereocenters. The molecule has 0 aliphatic carbocycles. The van der Waals surface area contributed by atoms with Gasteiger partial charge in [0.1, 0.15) is 0 Å². The predicted molar refractivity (Wildman–Crippen MR) is 118 cm³/mol. The molecule has 2 aliphatic heterocycles. The molecule has 8 nitrogen and oxygen atoms in total. The molecule has 2 aliphatic rings. The van der Waals surface area contributed by atoms with E-state index in [2.05, 4.69) is 28.4 Å². The van der Waals surface area contributed by atoms with E-state index >= 15 is 0 Å². The van der Waals surface area contributed by atoms with Crippen molar-refractivity contribution in [3.05, 3.63) is 34.3 Å². The Morgan fingerprint density at radius 2 is 2.23 bits per heavy atom. The average Bonchev–Trinajstić information content (AvgIpc) is 3.51. The number of amides is 2. The van der Waals surface area contributed by atoms with Crippen LogP contribution in [-0.2, 0) is 20.9 Å². The quantitative estimate of drug-likeness (QED) is 0.654. The number of imidazole rings is 1. The van der Waals surface area contributed by atoms with Gasteiger partial charge in [-0.05, 0) is 27.2 Å². The number of carbonyl (C=O) groups is 2. The Morgan fingerprint density at radius 3 is 2.87 bits per heavy atom. The van der Waals surface area contributed by atoms with Gasteiger partial charge in [-0.2, -0.15) is 0 Å². The Hall–Kier alpha value is -2.26. The molecule has 2 aromatic heterocycles. The number of thiazole rings is 1. The highest BCUT2D eigenvalue weighted by molar-refractivity contribution is 7.09. The Balaban J connectivity index is 1.61. The smallest absolute Gasteiger partial charge is 0.231 e. The largest absolute Gasteiger partial charge is 0.384 e. The van der Waals surface area contributed by atoms with Crippen LogP contribution in [0.2, 0.25) is 0 Å². The second kappa shape index (κ2) is 8.70. The summed E-state index contributed by atoms with van der Waals surface area (Å²) in [6.07, 6.45) is 4.93. The van der Waals surface area contributed by atoms with Crippen LogP contribution in [0.15, 0.2) is 17.9 Å². The van der Waals surface area contributed by atoms with Gasteiger partial charge in [0.15, 0.2) is 0 Å². The number of hydrogen-bond donors (Lipinski definition) is 0. The van der Waals surface area contributed by atoms with Gasteiger partial charge in [-0.25, -0.2) is 9.97 Å². The molecule has 0 N–H and O–H groups in total. The van der Waals surface area contributed by atoms with Crippen molar-refractivity contribution >= 4 is 23.2 Å². The fourth-order valence-corrected chi connectivity index (χ4v) is 5.40. The first kappa shape index (κ1) is 22.0. The summed E-state index contributed by atoms with van der Waals surface area (Å²) in [5.41, 5.74) is 1.21. The molecule has 9 heteroatoms. The maximum atomic E-state index is 13.8. The maximum absolute atomic E-state index is 13.8. The molecule has 4 rings (SSSR count). The van der Waals surface area contributed by atoms with E-state index in [1.165, 1.54) is 0 Å². The lowest BCUT2D eigenvalue weighted by Gasteiger charge is -2.27. The first-order valence-electron chi connectivity index (χ1n) is 10.8. The summed E-state index contributed by atoms with van der Waals surface area (Å²) in [6.45, 7) is 8.74. The molecule has 0 aromatic carbocycles. The van der Waals surface area contributed by atoms with Gasteiger partial charge in [-0.15, -0.1) is 11.3 Å². The van der Waals surface area contributed by atoms with Gasteiger partial charge in [0.25, 0.3) is 0 Å². The van der Waals surface area contributed by atoms with Crippen LogP contribution in [0.3, 0.4) is 0 Å². The van der Waals surface area contributed by atoms with Crippen molar-refractivity contribution in [3.8, 4) is 0 Å². The van der Waals surface area contributed by atoms with Crippen LogP contribution >= 0.6 is 11.3 Å². The molecule has 0 bridgehead atoms. The van der Waals surface area contributed by atoms with E-state index in [-0.39, 0.29) is 17.7 Å². The van der Waals surface area contributed by atoms with E-state index in [0.717, 1.165) is 22.8 Å². The number of aryl methyl sites for hydroxylation is 1. The lowest BCUT2D eigenvalue weighted by atomic mass is 9.75. The second-order valence-corrected chi connectivity index (χ2v) is 9.96. The molecule has 2 saturated heterocycles. The monoisotopic (exact) mass is 445 g/mol. The van der Waals surface area contributed by atoms with Gasteiger partial charge in [0, 0.05) is 50.3 Å². The summed E-state index contributed by atoms with van der Waals surface area (Å²) in [6, 6.07) is 0.293. The SMILES string of the molecule is COCCC(=O)N1C[C@H](c2cn(C(C)C)cn2)[C@]2(CCN(Cc3csc(C)n3)C2=O)C1. The molecule has 0 radical (unpaired) electrons. The van der Waals surface area contributed by atoms with E-state index in [1.807, 2.05) is 34.6 Å². The van der Waals surface area contributed by atoms with Gasteiger partial charge >= 0.3 is 0 Å². The zero-order chi connectivity index (χ0) is 22.2. The third kappa shape index (κ3) is 4.13. The highest BCUT2D eigenvalue weighted by Gasteiger charge is 2.58. The molecule has 2 amide bonds. The van der Waals surface area contributed by atoms with Crippen molar-refractivity contribution in [2.75, 3.05) is 33.4 Å². The van der Waals surface area contributed by atoms with Crippen LogP contribution in [0, 0.1) is 12.3 Å². The summed E-state index contributed by atoms with van der Waals surface area (Å²) < 4.78 is 7.16. The molecule has 1 spiro atoms. The standard InChI is InChI=1S/C22H31N5O3S/c1-15(2)27-11-19(23-14-27)18-10-26(20(28)5-8-30-4)13-22(18)6-7-25(21(22)29)9-17-12-31-16(3)24-17/h11-12,14-15,18H,5-10,13H2,1-4H3/t18-,22+/m1/s1. The van der Waals surface area contributed by atoms with Crippen LogP contribution < -0.4 is 0 Å². The van der Waals surface area contributed by atoms with Crippen molar-refractivity contribution in [3.63, 3.8) is 0 Å². The Kier molecular flexibility index (Phi) is 6.16. The van der Waals surface area contributed by atoms with Crippen LogP contribution in [0.4, 0.5) is 0 Å². The zero-order valence-electron chi connectivity index (χ0n) is 18.7. The fraction of sp³-hybridized carbons (Fsp3) is 0.636. The first-order valence-corrected chi connectivity index (χ1v) is 11.7. The van der Waals surface area contributed by atoms with Gasteiger partial charge in [-0.1, -0.05) is 0 Å². The van der Waals surface area contributed by atoms with Crippen LogP contribution in [0.25, 0.3) is 0 Å². The fourth-order valence-electron chi connectivity index (χ4n) is 4.79. The summed E-state index contributed by atoms with van der Waals surface area (Å²) in [7, 11) is 1.60. The van der Waals surface area contributed by atoms with Crippen molar-refractivity contribution in [1.82, 2.24) is 24.3 Å². The topological polar surface area (TPSA) is 80.6 Å². The van der Waals surface area contributed by atoms with Crippen molar-refractivity contribution < 1.29 is 14.3 Å². The number of carbonyl (C=O) groups excluding carboxylic acids is 2. The Morgan fingerprint density at radius 1 is 1.42 bits per heavy atom. The molecule has 4 heterocycles. The number of rotatable bonds is 7. The van der Waals surface area contributed by atoms with E-state index in [1.54, 1.807) is 18.4 Å². The van der Waals surface area contributed by atoms with Gasteiger partial charge in [-0.3, -0.25) is 9.59 Å². The van der Waals surface area contributed by atoms with Gasteiger partial charge < -0.3 is 19.1 Å². The highest BCUT2D eigenvalue weighted by Crippen LogP contribution is 2.50. The lowest BCUT2D eigenvalue weighted by Crippen LogP contribution is -2.40. The zero-order valence-corrected chi connectivity index (χ0v) is 19.5. The highest BCUT2D eigenvalue weighted by atomic mass is 32.1. The number of methoxy groups -OCH3 is 1. The third-order valence-electron chi connectivity index (χ3n) is 6.55. The maximum Gasteiger partial charge on any atom is 0.231 e. The molecule has 2 aromatic rings. The molecule has 31 heavy (non-hydrogen) atoms. The van der Waals surface area contributed by atoms with Crippen LogP contribution in [0.5, 0.6) is 0 Å². The number of ether oxygens (including phenoxy) is 1. The molecule has 0 unspecified atom stereocenters. The number of nitrogens with zero attached hydrogens (tertiary/aromatic N) is 5. The third-order valence-corrected chi connectivity index (χ3v) is 7.37. The summed E-state index contributed by atoms with van der Waals surface area (Å²) in [5.74, 6) is 0.0475. The first-order chi connectivity index (χ1) is 14.8. The van der Waals surface area contributed by atoms with Gasteiger partial charge in [0.2, 0.25) is 11.8 Å². The average molecular weight is 446 g/mol. The number of likely N-dealkylation sites (tertiary alicyclic amines) is 2. The number of hydrogen-bond acceptors (Lipinski definition) is 6. The normalized spacial score (nSPS) is 23.6. The predicted octanol–water partition coefficient (Wildman–Crippen LogP) is 2.61. The molecule has 2 fully saturated rings. The van der Waals surface area contributed by atoms with Crippen molar-refractivity contribution in [1.29, 1.82) is 0 Å². The van der Waals surface area contributed by atoms with Crippen molar-refractivity contribution in [2.45, 2.75) is 52.1 Å². The van der Waals surface area contributed by atoms with Crippen LogP contribution in [-0.4, -0.2) is 69.5 Å². The van der Waals surface area contributed by atoms with E-state index in [0.29, 0.717) is 45.2 Å². The van der Waals surface area contributed by atoms with E-state index < -0.39 is 5.41 Å². The van der Waals surface area contributed by atoms with Gasteiger partial charge in [0.05, 0.1) is 47.7 Å². The summed E-state index contributed by atoms with van der Waals surface area (Å²) in [4.78, 5) is 39.5. The summed E-state index contributed by atoms with van der Waals surface area (Å²) in [5, 5.41) is 3.02.